The molecule has 4 atom stereocenters. The lowest BCUT2D eigenvalue weighted by Gasteiger charge is -2.44. The third-order valence-corrected chi connectivity index (χ3v) is 7.99. The second-order valence-corrected chi connectivity index (χ2v) is 10.7. The molecule has 3 heterocycles. The summed E-state index contributed by atoms with van der Waals surface area (Å²) in [6.07, 6.45) is 14.0. The van der Waals surface area contributed by atoms with E-state index in [0.29, 0.717) is 12.2 Å². The van der Waals surface area contributed by atoms with E-state index in [2.05, 4.69) is 6.58 Å². The number of hydrogen-bond donors (Lipinski definition) is 0. The number of esters is 1. The fourth-order valence-corrected chi connectivity index (χ4v) is 6.23. The molecule has 2 aliphatic carbocycles. The van der Waals surface area contributed by atoms with Crippen LogP contribution in [0.5, 0.6) is 0 Å². The molecule has 5 rings (SSSR count). The summed E-state index contributed by atoms with van der Waals surface area (Å²) in [6.45, 7) is 5.75. The van der Waals surface area contributed by atoms with Crippen molar-refractivity contribution >= 4 is 5.97 Å². The molecule has 0 unspecified atom stereocenters. The molecule has 0 aromatic carbocycles. The van der Waals surface area contributed by atoms with Crippen LogP contribution in [0.15, 0.2) is 12.2 Å². The van der Waals surface area contributed by atoms with Gasteiger partial charge in [0.2, 0.25) is 5.79 Å². The van der Waals surface area contributed by atoms with E-state index in [1.165, 1.54) is 38.5 Å². The van der Waals surface area contributed by atoms with Crippen molar-refractivity contribution in [1.29, 1.82) is 0 Å². The van der Waals surface area contributed by atoms with E-state index in [9.17, 15) is 4.79 Å². The van der Waals surface area contributed by atoms with E-state index < -0.39 is 29.4 Å². The maximum Gasteiger partial charge on any atom is 0.333 e. The number of fused-ring (bicyclic) bond motifs is 3. The van der Waals surface area contributed by atoms with Crippen LogP contribution < -0.4 is 0 Å². The van der Waals surface area contributed by atoms with E-state index in [4.69, 9.17) is 28.4 Å². The summed E-state index contributed by atoms with van der Waals surface area (Å²) in [5.74, 6) is -2.90. The second-order valence-electron chi connectivity index (χ2n) is 10.7. The summed E-state index contributed by atoms with van der Waals surface area (Å²) >= 11 is 0. The van der Waals surface area contributed by atoms with Crippen molar-refractivity contribution in [2.24, 2.45) is 0 Å². The highest BCUT2D eigenvalue weighted by molar-refractivity contribution is 5.86. The third kappa shape index (κ3) is 4.76. The van der Waals surface area contributed by atoms with Crippen LogP contribution in [0, 0.1) is 0 Å². The maximum atomic E-state index is 12.3. The van der Waals surface area contributed by atoms with Crippen LogP contribution >= 0.6 is 0 Å². The van der Waals surface area contributed by atoms with Gasteiger partial charge in [-0.15, -0.1) is 0 Å². The first kappa shape index (κ1) is 23.7. The molecule has 3 aliphatic heterocycles. The fourth-order valence-electron chi connectivity index (χ4n) is 6.23. The molecular formula is C26H40O7. The summed E-state index contributed by atoms with van der Waals surface area (Å²) in [6, 6.07) is 0. The Morgan fingerprint density at radius 3 is 2.03 bits per heavy atom. The predicted octanol–water partition coefficient (Wildman–Crippen LogP) is 4.91. The van der Waals surface area contributed by atoms with Gasteiger partial charge in [-0.05, 0) is 32.6 Å². The van der Waals surface area contributed by atoms with E-state index in [1.807, 2.05) is 0 Å². The summed E-state index contributed by atoms with van der Waals surface area (Å²) in [7, 11) is 0. The SMILES string of the molecule is C=C(C)C(=O)OC[C@]12O[C@@H]3COC4(CCCCCCC4)O[C@H]3[C@@H]1OC1(CCCCCCC1)O2. The molecule has 0 aromatic heterocycles. The molecule has 0 aromatic rings. The molecule has 7 nitrogen and oxygen atoms in total. The Hall–Kier alpha value is -0.990. The summed E-state index contributed by atoms with van der Waals surface area (Å²) in [5, 5.41) is 0. The Morgan fingerprint density at radius 2 is 1.42 bits per heavy atom. The van der Waals surface area contributed by atoms with Crippen LogP contribution in [0.1, 0.15) is 96.8 Å². The van der Waals surface area contributed by atoms with Crippen molar-refractivity contribution < 1.29 is 33.2 Å². The first-order valence-corrected chi connectivity index (χ1v) is 13.2. The lowest BCUT2D eigenvalue weighted by molar-refractivity contribution is -0.350. The molecule has 2 saturated carbocycles. The topological polar surface area (TPSA) is 72.5 Å². The van der Waals surface area contributed by atoms with Gasteiger partial charge < -0.3 is 28.4 Å². The molecule has 7 heteroatoms. The van der Waals surface area contributed by atoms with E-state index in [0.717, 1.165) is 51.4 Å². The molecule has 0 radical (unpaired) electrons. The van der Waals surface area contributed by atoms with Crippen LogP contribution in [0.2, 0.25) is 0 Å². The van der Waals surface area contributed by atoms with E-state index in [1.54, 1.807) is 6.92 Å². The van der Waals surface area contributed by atoms with Crippen molar-refractivity contribution in [1.82, 2.24) is 0 Å². The Bertz CT molecular complexity index is 720. The molecule has 0 bridgehead atoms. The van der Waals surface area contributed by atoms with E-state index in [-0.39, 0.29) is 18.8 Å². The predicted molar refractivity (Wildman–Crippen MR) is 120 cm³/mol. The van der Waals surface area contributed by atoms with Crippen molar-refractivity contribution in [3.8, 4) is 0 Å². The van der Waals surface area contributed by atoms with Gasteiger partial charge >= 0.3 is 5.97 Å². The minimum Gasteiger partial charge on any atom is -0.456 e. The van der Waals surface area contributed by atoms with Gasteiger partial charge in [-0.1, -0.05) is 45.1 Å². The number of carbonyl (C=O) groups excluding carboxylic acids is 1. The molecule has 5 aliphatic rings. The lowest BCUT2D eigenvalue weighted by Crippen LogP contribution is -2.54. The highest BCUT2D eigenvalue weighted by atomic mass is 16.9. The highest BCUT2D eigenvalue weighted by Gasteiger charge is 2.69. The molecule has 186 valence electrons. The van der Waals surface area contributed by atoms with Gasteiger partial charge in [0.25, 0.3) is 0 Å². The Balaban J connectivity index is 1.39. The van der Waals surface area contributed by atoms with Crippen LogP contribution in [0.25, 0.3) is 0 Å². The first-order valence-electron chi connectivity index (χ1n) is 13.2. The minimum absolute atomic E-state index is 0.0333. The monoisotopic (exact) mass is 464 g/mol. The smallest absolute Gasteiger partial charge is 0.333 e. The first-order chi connectivity index (χ1) is 16.0. The largest absolute Gasteiger partial charge is 0.456 e. The van der Waals surface area contributed by atoms with Crippen LogP contribution in [0.4, 0.5) is 0 Å². The Morgan fingerprint density at radius 1 is 0.848 bits per heavy atom. The van der Waals surface area contributed by atoms with Gasteiger partial charge in [-0.25, -0.2) is 4.79 Å². The standard InChI is InChI=1S/C26H40O7/c1-19(2)23(27)28-18-26-22(32-25(33-26)15-11-7-4-8-12-16-25)21-20(30-26)17-29-24(31-21)13-9-5-3-6-10-14-24/h20-22H,1,3-18H2,2H3/t20-,21-,22+,26-/m1/s1. The van der Waals surface area contributed by atoms with Gasteiger partial charge in [-0.2, -0.15) is 0 Å². The molecule has 2 spiro atoms. The molecule has 5 fully saturated rings. The molecular weight excluding hydrogens is 424 g/mol. The lowest BCUT2D eigenvalue weighted by atomic mass is 9.93. The average Bonchev–Trinajstić information content (AvgIpc) is 3.22. The second kappa shape index (κ2) is 9.57. The van der Waals surface area contributed by atoms with Crippen molar-refractivity contribution in [2.75, 3.05) is 13.2 Å². The average molecular weight is 465 g/mol. The Kier molecular flexibility index (Phi) is 6.89. The summed E-state index contributed by atoms with van der Waals surface area (Å²) in [5.41, 5.74) is 0.353. The summed E-state index contributed by atoms with van der Waals surface area (Å²) < 4.78 is 38.6. The quantitative estimate of drug-likeness (QED) is 0.434. The fraction of sp³-hybridized carbons (Fsp3) is 0.885. The highest BCUT2D eigenvalue weighted by Crippen LogP contribution is 2.53. The van der Waals surface area contributed by atoms with Crippen molar-refractivity contribution in [3.05, 3.63) is 12.2 Å². The molecule has 0 amide bonds. The van der Waals surface area contributed by atoms with Gasteiger partial charge in [-0.3, -0.25) is 0 Å². The zero-order valence-corrected chi connectivity index (χ0v) is 20.1. The number of hydrogen-bond acceptors (Lipinski definition) is 7. The van der Waals surface area contributed by atoms with Gasteiger partial charge in [0, 0.05) is 31.3 Å². The number of rotatable bonds is 3. The van der Waals surface area contributed by atoms with Crippen LogP contribution in [0.3, 0.4) is 0 Å². The molecule has 3 saturated heterocycles. The Labute approximate surface area is 197 Å². The van der Waals surface area contributed by atoms with Crippen molar-refractivity contribution in [2.45, 2.75) is 132 Å². The number of carbonyl (C=O) groups is 1. The molecule has 33 heavy (non-hydrogen) atoms. The minimum atomic E-state index is -1.17. The zero-order chi connectivity index (χ0) is 22.9. The maximum absolute atomic E-state index is 12.3. The van der Waals surface area contributed by atoms with E-state index >= 15 is 0 Å². The van der Waals surface area contributed by atoms with Crippen LogP contribution in [-0.2, 0) is 33.2 Å². The number of ether oxygens (including phenoxy) is 6. The summed E-state index contributed by atoms with van der Waals surface area (Å²) in [4.78, 5) is 12.3. The van der Waals surface area contributed by atoms with Crippen LogP contribution in [-0.4, -0.2) is 54.9 Å². The normalized spacial score (nSPS) is 37.9. The van der Waals surface area contributed by atoms with Gasteiger partial charge in [0.1, 0.15) is 24.9 Å². The molecule has 0 N–H and O–H groups in total. The van der Waals surface area contributed by atoms with Gasteiger partial charge in [0.05, 0.1) is 6.61 Å². The third-order valence-electron chi connectivity index (χ3n) is 7.99. The van der Waals surface area contributed by atoms with Gasteiger partial charge in [0.15, 0.2) is 11.6 Å². The van der Waals surface area contributed by atoms with Crippen molar-refractivity contribution in [3.63, 3.8) is 0 Å². The zero-order valence-electron chi connectivity index (χ0n) is 20.1.